The maximum Gasteiger partial charge on any atom is 0.251 e. The van der Waals surface area contributed by atoms with Crippen molar-refractivity contribution in [2.24, 2.45) is 10.9 Å². The van der Waals surface area contributed by atoms with E-state index in [9.17, 15) is 4.79 Å². The summed E-state index contributed by atoms with van der Waals surface area (Å²) in [6.07, 6.45) is 6.16. The molecule has 192 valence electrons. The molecule has 0 N–H and O–H groups in total. The van der Waals surface area contributed by atoms with E-state index < -0.39 is 0 Å². The fourth-order valence-electron chi connectivity index (χ4n) is 6.40. The van der Waals surface area contributed by atoms with Gasteiger partial charge in [0, 0.05) is 47.3 Å². The molecule has 0 bridgehead atoms. The van der Waals surface area contributed by atoms with E-state index in [0.717, 1.165) is 69.9 Å². The summed E-state index contributed by atoms with van der Waals surface area (Å²) in [5, 5.41) is 12.2. The molecular weight excluding hydrogens is 512 g/mol. The van der Waals surface area contributed by atoms with Gasteiger partial charge in [0.1, 0.15) is 18.7 Å². The first-order chi connectivity index (χ1) is 19.0. The van der Waals surface area contributed by atoms with Crippen molar-refractivity contribution in [3.05, 3.63) is 111 Å². The highest BCUT2D eigenvalue weighted by atomic mass is 35.5. The minimum atomic E-state index is -0.0147. The van der Waals surface area contributed by atoms with E-state index >= 15 is 0 Å². The molecule has 1 fully saturated rings. The fraction of sp³-hybridized carbons (Fsp3) is 0.233. The first kappa shape index (κ1) is 22.7. The fourth-order valence-corrected chi connectivity index (χ4v) is 6.58. The predicted molar refractivity (Wildman–Crippen MR) is 148 cm³/mol. The molecule has 1 aliphatic carbocycles. The van der Waals surface area contributed by atoms with Crippen molar-refractivity contribution >= 4 is 17.3 Å². The third kappa shape index (κ3) is 3.62. The molecule has 2 aromatic carbocycles. The molecule has 8 nitrogen and oxygen atoms in total. The Morgan fingerprint density at radius 1 is 1.05 bits per heavy atom. The minimum absolute atomic E-state index is 0.0147. The lowest BCUT2D eigenvalue weighted by atomic mass is 9.95. The normalized spacial score (nSPS) is 22.5. The van der Waals surface area contributed by atoms with Crippen LogP contribution >= 0.6 is 11.6 Å². The molecule has 0 spiro atoms. The lowest BCUT2D eigenvalue weighted by molar-refractivity contribution is 0.332. The monoisotopic (exact) mass is 534 g/mol. The number of rotatable bonds is 4. The molecule has 5 heterocycles. The SMILES string of the molecule is C=C1COc2cc(C3=NC=C(C4C5CC5c5cc(-c6cc(Cl)ccc6-n6cnnn6)cc(=O)n54)C3)ccc2C1. The Kier molecular flexibility index (Phi) is 4.85. The molecule has 0 saturated heterocycles. The Hall–Kier alpha value is -4.30. The number of ether oxygens (including phenoxy) is 1. The van der Waals surface area contributed by atoms with Crippen LogP contribution in [-0.2, 0) is 6.42 Å². The van der Waals surface area contributed by atoms with Crippen LogP contribution in [0.15, 0.2) is 88.6 Å². The van der Waals surface area contributed by atoms with Gasteiger partial charge in [-0.1, -0.05) is 30.3 Å². The number of hydrogen-bond donors (Lipinski definition) is 0. The smallest absolute Gasteiger partial charge is 0.251 e. The number of tetrazole rings is 1. The number of fused-ring (bicyclic) bond motifs is 4. The molecule has 3 atom stereocenters. The highest BCUT2D eigenvalue weighted by molar-refractivity contribution is 6.31. The van der Waals surface area contributed by atoms with Gasteiger partial charge in [-0.15, -0.1) is 5.10 Å². The van der Waals surface area contributed by atoms with Crippen molar-refractivity contribution in [3.8, 4) is 22.6 Å². The number of allylic oxidation sites excluding steroid dienone is 1. The Labute approximate surface area is 228 Å². The van der Waals surface area contributed by atoms with Crippen molar-refractivity contribution in [1.82, 2.24) is 24.8 Å². The van der Waals surface area contributed by atoms with Crippen molar-refractivity contribution in [2.75, 3.05) is 6.61 Å². The molecule has 3 aliphatic heterocycles. The van der Waals surface area contributed by atoms with Gasteiger partial charge < -0.3 is 9.30 Å². The maximum absolute atomic E-state index is 13.7. The van der Waals surface area contributed by atoms with E-state index in [0.29, 0.717) is 23.5 Å². The van der Waals surface area contributed by atoms with Crippen LogP contribution in [-0.4, -0.2) is 37.1 Å². The Bertz CT molecular complexity index is 1820. The summed E-state index contributed by atoms with van der Waals surface area (Å²) >= 11 is 6.36. The van der Waals surface area contributed by atoms with Crippen LogP contribution in [0.5, 0.6) is 5.75 Å². The Balaban J connectivity index is 1.11. The third-order valence-electron chi connectivity index (χ3n) is 8.28. The van der Waals surface area contributed by atoms with Crippen molar-refractivity contribution in [3.63, 3.8) is 0 Å². The van der Waals surface area contributed by atoms with Crippen LogP contribution in [0.25, 0.3) is 16.8 Å². The molecule has 4 aromatic rings. The zero-order chi connectivity index (χ0) is 26.2. The lowest BCUT2D eigenvalue weighted by Gasteiger charge is -2.21. The van der Waals surface area contributed by atoms with E-state index in [-0.39, 0.29) is 11.6 Å². The Morgan fingerprint density at radius 2 is 1.97 bits per heavy atom. The van der Waals surface area contributed by atoms with Gasteiger partial charge in [-0.3, -0.25) is 9.79 Å². The maximum atomic E-state index is 13.7. The number of halogens is 1. The summed E-state index contributed by atoms with van der Waals surface area (Å²) < 4.78 is 9.47. The summed E-state index contributed by atoms with van der Waals surface area (Å²) in [4.78, 5) is 18.5. The van der Waals surface area contributed by atoms with Crippen LogP contribution in [0.3, 0.4) is 0 Å². The number of pyridine rings is 1. The summed E-state index contributed by atoms with van der Waals surface area (Å²) in [5.41, 5.74) is 8.99. The van der Waals surface area contributed by atoms with Gasteiger partial charge in [-0.05, 0) is 80.9 Å². The zero-order valence-electron chi connectivity index (χ0n) is 20.9. The molecule has 8 rings (SSSR count). The number of hydrogen-bond acceptors (Lipinski definition) is 6. The highest BCUT2D eigenvalue weighted by Crippen LogP contribution is 2.61. The van der Waals surface area contributed by atoms with Gasteiger partial charge in [0.25, 0.3) is 5.56 Å². The minimum Gasteiger partial charge on any atom is -0.489 e. The first-order valence-electron chi connectivity index (χ1n) is 13.0. The average molecular weight is 535 g/mol. The molecule has 9 heteroatoms. The van der Waals surface area contributed by atoms with E-state index in [1.807, 2.05) is 22.9 Å². The van der Waals surface area contributed by atoms with Crippen molar-refractivity contribution < 1.29 is 4.74 Å². The quantitative estimate of drug-likeness (QED) is 0.341. The van der Waals surface area contributed by atoms with Gasteiger partial charge in [-0.25, -0.2) is 0 Å². The topological polar surface area (TPSA) is 87.2 Å². The summed E-state index contributed by atoms with van der Waals surface area (Å²) in [7, 11) is 0. The molecule has 39 heavy (non-hydrogen) atoms. The highest BCUT2D eigenvalue weighted by Gasteiger charge is 2.54. The second-order valence-electron chi connectivity index (χ2n) is 10.7. The third-order valence-corrected chi connectivity index (χ3v) is 8.51. The van der Waals surface area contributed by atoms with E-state index in [1.54, 1.807) is 16.8 Å². The first-order valence-corrected chi connectivity index (χ1v) is 13.4. The zero-order valence-corrected chi connectivity index (χ0v) is 21.7. The summed E-state index contributed by atoms with van der Waals surface area (Å²) in [6, 6.07) is 15.7. The van der Waals surface area contributed by atoms with Crippen LogP contribution in [0.1, 0.15) is 41.6 Å². The standard InChI is InChI=1S/C30H23ClN6O2/c1-16-6-18-3-2-17(9-28(18)39-14-16)25-7-20(13-32-25)30-24-12-23(24)27-8-19(10-29(38)37(27)30)22-11-21(31)4-5-26(22)36-15-33-34-35-36/h2-5,8-11,13,15,23-24,30H,1,6-7,12,14H2. The average Bonchev–Trinajstić information content (AvgIpc) is 3.28. The molecule has 4 aliphatic rings. The van der Waals surface area contributed by atoms with Gasteiger partial charge in [0.2, 0.25) is 0 Å². The lowest BCUT2D eigenvalue weighted by Crippen LogP contribution is -2.26. The van der Waals surface area contributed by atoms with Gasteiger partial charge in [0.05, 0.1) is 17.4 Å². The van der Waals surface area contributed by atoms with Gasteiger partial charge in [-0.2, -0.15) is 4.68 Å². The molecule has 1 saturated carbocycles. The van der Waals surface area contributed by atoms with E-state index in [2.05, 4.69) is 46.4 Å². The van der Waals surface area contributed by atoms with E-state index in [1.165, 1.54) is 11.9 Å². The molecule has 2 aromatic heterocycles. The summed E-state index contributed by atoms with van der Waals surface area (Å²) in [6.45, 7) is 4.61. The Morgan fingerprint density at radius 3 is 2.85 bits per heavy atom. The van der Waals surface area contributed by atoms with Crippen LogP contribution in [0.2, 0.25) is 5.02 Å². The molecular formula is C30H23ClN6O2. The molecule has 3 unspecified atom stereocenters. The van der Waals surface area contributed by atoms with E-state index in [4.69, 9.17) is 21.3 Å². The number of benzene rings is 2. The largest absolute Gasteiger partial charge is 0.489 e. The number of nitrogens with zero attached hydrogens (tertiary/aromatic N) is 6. The molecule has 0 radical (unpaired) electrons. The summed E-state index contributed by atoms with van der Waals surface area (Å²) in [5.74, 6) is 1.70. The van der Waals surface area contributed by atoms with Gasteiger partial charge in [0.15, 0.2) is 0 Å². The van der Waals surface area contributed by atoms with Crippen molar-refractivity contribution in [2.45, 2.75) is 31.2 Å². The second kappa shape index (κ2) is 8.35. The van der Waals surface area contributed by atoms with Crippen LogP contribution in [0.4, 0.5) is 0 Å². The molecule has 0 amide bonds. The number of aliphatic imine (C=N–C) groups is 1. The van der Waals surface area contributed by atoms with Crippen LogP contribution < -0.4 is 10.3 Å². The van der Waals surface area contributed by atoms with Crippen molar-refractivity contribution in [1.29, 1.82) is 0 Å². The predicted octanol–water partition coefficient (Wildman–Crippen LogP) is 5.07. The second-order valence-corrected chi connectivity index (χ2v) is 11.2. The number of aromatic nitrogens is 5. The van der Waals surface area contributed by atoms with Crippen LogP contribution in [0, 0.1) is 5.92 Å². The van der Waals surface area contributed by atoms with Gasteiger partial charge >= 0.3 is 0 Å².